The van der Waals surface area contributed by atoms with E-state index in [1.807, 2.05) is 6.26 Å². The van der Waals surface area contributed by atoms with Gasteiger partial charge in [-0.2, -0.15) is 0 Å². The summed E-state index contributed by atoms with van der Waals surface area (Å²) in [6, 6.07) is 0. The summed E-state index contributed by atoms with van der Waals surface area (Å²) in [5, 5.41) is 10.4. The summed E-state index contributed by atoms with van der Waals surface area (Å²) in [6.45, 7) is 0. The van der Waals surface area contributed by atoms with Crippen LogP contribution in [-0.4, -0.2) is 25.9 Å². The number of aliphatic hydroxyl groups is 1. The Morgan fingerprint density at radius 1 is 1.44 bits per heavy atom. The Hall–Kier alpha value is -0.920. The highest BCUT2D eigenvalue weighted by molar-refractivity contribution is 8.00. The summed E-state index contributed by atoms with van der Waals surface area (Å²) in [6.07, 6.45) is 4.24. The van der Waals surface area contributed by atoms with Crippen molar-refractivity contribution < 1.29 is 5.11 Å². The molecule has 0 unspecified atom stereocenters. The summed E-state index contributed by atoms with van der Waals surface area (Å²) in [4.78, 5) is 21.6. The second-order valence-electron chi connectivity index (χ2n) is 4.52. The fourth-order valence-electron chi connectivity index (χ4n) is 2.17. The van der Waals surface area contributed by atoms with Crippen molar-refractivity contribution in [2.45, 2.75) is 29.2 Å². The van der Waals surface area contributed by atoms with E-state index >= 15 is 0 Å². The molecule has 1 fully saturated rings. The van der Waals surface area contributed by atoms with Crippen molar-refractivity contribution in [1.29, 1.82) is 0 Å². The zero-order chi connectivity index (χ0) is 12.9. The van der Waals surface area contributed by atoms with Crippen molar-refractivity contribution in [3.05, 3.63) is 16.2 Å². The fourth-order valence-corrected chi connectivity index (χ4v) is 3.59. The number of hydrogen-bond acceptors (Lipinski definition) is 6. The lowest BCUT2D eigenvalue weighted by atomic mass is 9.79. The van der Waals surface area contributed by atoms with E-state index in [1.54, 1.807) is 7.05 Å². The Balaban J connectivity index is 2.28. The molecule has 0 saturated heterocycles. The van der Waals surface area contributed by atoms with Gasteiger partial charge in [-0.25, -0.2) is 9.97 Å². The van der Waals surface area contributed by atoms with Crippen molar-refractivity contribution in [2.24, 2.45) is 7.05 Å². The van der Waals surface area contributed by atoms with Crippen molar-refractivity contribution >= 4 is 33.4 Å². The van der Waals surface area contributed by atoms with Gasteiger partial charge >= 0.3 is 0 Å². The maximum atomic E-state index is 12.2. The van der Waals surface area contributed by atoms with E-state index in [9.17, 15) is 9.90 Å². The van der Waals surface area contributed by atoms with Crippen LogP contribution in [0, 0.1) is 0 Å². The van der Waals surface area contributed by atoms with Gasteiger partial charge in [-0.3, -0.25) is 9.36 Å². The van der Waals surface area contributed by atoms with E-state index in [4.69, 9.17) is 0 Å². The number of thiazole rings is 1. The van der Waals surface area contributed by atoms with Gasteiger partial charge in [0.2, 0.25) is 0 Å². The van der Waals surface area contributed by atoms with Gasteiger partial charge in [0.1, 0.15) is 11.4 Å². The van der Waals surface area contributed by atoms with E-state index in [0.717, 1.165) is 10.8 Å². The van der Waals surface area contributed by atoms with Crippen molar-refractivity contribution in [3.8, 4) is 0 Å². The highest BCUT2D eigenvalue weighted by atomic mass is 32.2. The first-order chi connectivity index (χ1) is 8.55. The minimum Gasteiger partial charge on any atom is -0.382 e. The highest BCUT2D eigenvalue weighted by Gasteiger charge is 2.40. The molecule has 1 aliphatic rings. The van der Waals surface area contributed by atoms with Gasteiger partial charge < -0.3 is 5.11 Å². The van der Waals surface area contributed by atoms with E-state index in [0.29, 0.717) is 29.0 Å². The topological polar surface area (TPSA) is 68.0 Å². The molecule has 5 nitrogen and oxygen atoms in total. The maximum absolute atomic E-state index is 12.2. The van der Waals surface area contributed by atoms with Crippen LogP contribution in [0.2, 0.25) is 0 Å². The number of nitrogens with zero attached hydrogens (tertiary/aromatic N) is 3. The molecule has 2 aromatic rings. The molecule has 1 aliphatic carbocycles. The zero-order valence-electron chi connectivity index (χ0n) is 10.1. The first-order valence-corrected chi connectivity index (χ1v) is 7.74. The largest absolute Gasteiger partial charge is 0.382 e. The SMILES string of the molecule is CSc1nc2c(=O)n(C)c(C3(O)CCC3)nc2s1. The predicted octanol–water partition coefficient (Wildman–Crippen LogP) is 1.48. The number of fused-ring (bicyclic) bond motifs is 1. The summed E-state index contributed by atoms with van der Waals surface area (Å²) >= 11 is 2.90. The average Bonchev–Trinajstić information content (AvgIpc) is 2.74. The van der Waals surface area contributed by atoms with Gasteiger partial charge in [0, 0.05) is 7.05 Å². The molecule has 2 aromatic heterocycles. The quantitative estimate of drug-likeness (QED) is 0.846. The molecular weight excluding hydrogens is 270 g/mol. The van der Waals surface area contributed by atoms with Crippen molar-refractivity contribution in [2.75, 3.05) is 6.26 Å². The van der Waals surface area contributed by atoms with Crippen molar-refractivity contribution in [1.82, 2.24) is 14.5 Å². The molecule has 1 saturated carbocycles. The van der Waals surface area contributed by atoms with Gasteiger partial charge in [0.15, 0.2) is 14.7 Å². The fraction of sp³-hybridized carbons (Fsp3) is 0.545. The summed E-state index contributed by atoms with van der Waals surface area (Å²) < 4.78 is 2.26. The molecular formula is C11H13N3O2S2. The molecule has 96 valence electrons. The monoisotopic (exact) mass is 283 g/mol. The minimum absolute atomic E-state index is 0.174. The molecule has 0 aliphatic heterocycles. The molecule has 0 spiro atoms. The summed E-state index contributed by atoms with van der Waals surface area (Å²) in [7, 11) is 1.65. The van der Waals surface area contributed by atoms with E-state index < -0.39 is 5.60 Å². The van der Waals surface area contributed by atoms with Crippen LogP contribution < -0.4 is 5.56 Å². The van der Waals surface area contributed by atoms with Gasteiger partial charge in [-0.1, -0.05) is 23.1 Å². The average molecular weight is 283 g/mol. The molecule has 2 heterocycles. The van der Waals surface area contributed by atoms with Crippen molar-refractivity contribution in [3.63, 3.8) is 0 Å². The number of rotatable bonds is 2. The Morgan fingerprint density at radius 3 is 2.72 bits per heavy atom. The third-order valence-electron chi connectivity index (χ3n) is 3.39. The Morgan fingerprint density at radius 2 is 2.17 bits per heavy atom. The predicted molar refractivity (Wildman–Crippen MR) is 72.2 cm³/mol. The second kappa shape index (κ2) is 4.04. The van der Waals surface area contributed by atoms with Crippen LogP contribution in [-0.2, 0) is 12.6 Å². The number of hydrogen-bond donors (Lipinski definition) is 1. The lowest BCUT2D eigenvalue weighted by Gasteiger charge is -2.36. The van der Waals surface area contributed by atoms with Gasteiger partial charge in [-0.05, 0) is 25.5 Å². The lowest BCUT2D eigenvalue weighted by molar-refractivity contribution is -0.0496. The molecule has 3 rings (SSSR count). The number of thioether (sulfide) groups is 1. The van der Waals surface area contributed by atoms with Crippen LogP contribution in [0.1, 0.15) is 25.1 Å². The minimum atomic E-state index is -0.925. The smallest absolute Gasteiger partial charge is 0.280 e. The van der Waals surface area contributed by atoms with Gasteiger partial charge in [0.05, 0.1) is 0 Å². The molecule has 1 N–H and O–H groups in total. The van der Waals surface area contributed by atoms with Crippen LogP contribution in [0.15, 0.2) is 9.13 Å². The molecule has 0 aromatic carbocycles. The lowest BCUT2D eigenvalue weighted by Crippen LogP contribution is -2.40. The van der Waals surface area contributed by atoms with Gasteiger partial charge in [-0.15, -0.1) is 0 Å². The molecule has 0 amide bonds. The van der Waals surface area contributed by atoms with E-state index in [1.165, 1.54) is 27.7 Å². The summed E-state index contributed by atoms with van der Waals surface area (Å²) in [5.74, 6) is 0.475. The third-order valence-corrected chi connectivity index (χ3v) is 5.33. The maximum Gasteiger partial charge on any atom is 0.280 e. The molecule has 0 radical (unpaired) electrons. The highest BCUT2D eigenvalue weighted by Crippen LogP contribution is 2.40. The molecule has 7 heteroatoms. The van der Waals surface area contributed by atoms with E-state index in [2.05, 4.69) is 9.97 Å². The Kier molecular flexibility index (Phi) is 2.72. The Labute approximate surface area is 112 Å². The number of aromatic nitrogens is 3. The molecule has 18 heavy (non-hydrogen) atoms. The first kappa shape index (κ1) is 12.1. The van der Waals surface area contributed by atoms with E-state index in [-0.39, 0.29) is 5.56 Å². The summed E-state index contributed by atoms with van der Waals surface area (Å²) in [5.41, 5.74) is -0.698. The normalized spacial score (nSPS) is 17.9. The molecule has 0 bridgehead atoms. The zero-order valence-corrected chi connectivity index (χ0v) is 11.8. The van der Waals surface area contributed by atoms with Crippen LogP contribution in [0.5, 0.6) is 0 Å². The second-order valence-corrected chi connectivity index (χ2v) is 6.55. The third kappa shape index (κ3) is 1.61. The Bertz CT molecular complexity index is 673. The van der Waals surface area contributed by atoms with Crippen LogP contribution in [0.25, 0.3) is 10.3 Å². The molecule has 0 atom stereocenters. The van der Waals surface area contributed by atoms with Crippen LogP contribution in [0.3, 0.4) is 0 Å². The van der Waals surface area contributed by atoms with Gasteiger partial charge in [0.25, 0.3) is 5.56 Å². The first-order valence-electron chi connectivity index (χ1n) is 5.69. The standard InChI is InChI=1S/C11H13N3O2S2/c1-14-8(15)6-7(18-10(12-6)17-2)13-9(14)11(16)4-3-5-11/h16H,3-5H2,1-2H3. The van der Waals surface area contributed by atoms with Crippen LogP contribution >= 0.6 is 23.1 Å². The van der Waals surface area contributed by atoms with Crippen LogP contribution in [0.4, 0.5) is 0 Å².